The van der Waals surface area contributed by atoms with Crippen molar-refractivity contribution in [3.8, 4) is 11.5 Å². The van der Waals surface area contributed by atoms with Crippen molar-refractivity contribution in [3.05, 3.63) is 63.8 Å². The van der Waals surface area contributed by atoms with Crippen LogP contribution in [-0.4, -0.2) is 25.2 Å². The minimum absolute atomic E-state index is 0.260. The number of nitrogens with one attached hydrogen (secondary N) is 3. The molecule has 1 aliphatic heterocycles. The molecule has 1 heterocycles. The molecule has 8 heteroatoms. The molecule has 3 rings (SSSR count). The minimum Gasteiger partial charge on any atom is -0.493 e. The lowest BCUT2D eigenvalue weighted by atomic mass is 9.94. The fourth-order valence-corrected chi connectivity index (χ4v) is 3.60. The number of hydrogen-bond donors (Lipinski definition) is 3. The summed E-state index contributed by atoms with van der Waals surface area (Å²) in [4.78, 5) is 13.2. The summed E-state index contributed by atoms with van der Waals surface area (Å²) in [5.74, 6) is 0.914. The predicted molar refractivity (Wildman–Crippen MR) is 119 cm³/mol. The Morgan fingerprint density at radius 3 is 2.48 bits per heavy atom. The lowest BCUT2D eigenvalue weighted by Crippen LogP contribution is -2.45. The SMILES string of the molecule is COc1ccc([C@H]2NC(=S)NC(C)=C2C(=O)Nc2ccc(C)c(Cl)c2)cc1OC. The van der Waals surface area contributed by atoms with Gasteiger partial charge in [-0.2, -0.15) is 0 Å². The highest BCUT2D eigenvalue weighted by Gasteiger charge is 2.30. The average molecular weight is 432 g/mol. The molecule has 0 aliphatic carbocycles. The van der Waals surface area contributed by atoms with Crippen LogP contribution in [0.3, 0.4) is 0 Å². The molecule has 0 bridgehead atoms. The van der Waals surface area contributed by atoms with E-state index in [2.05, 4.69) is 16.0 Å². The molecular formula is C21H22ClN3O3S. The lowest BCUT2D eigenvalue weighted by Gasteiger charge is -2.30. The highest BCUT2D eigenvalue weighted by Crippen LogP contribution is 2.34. The summed E-state index contributed by atoms with van der Waals surface area (Å²) in [6.07, 6.45) is 0. The smallest absolute Gasteiger partial charge is 0.255 e. The Balaban J connectivity index is 1.97. The number of halogens is 1. The van der Waals surface area contributed by atoms with E-state index in [0.717, 1.165) is 11.1 Å². The van der Waals surface area contributed by atoms with Gasteiger partial charge in [0, 0.05) is 16.4 Å². The van der Waals surface area contributed by atoms with Crippen molar-refractivity contribution in [1.29, 1.82) is 0 Å². The first-order valence-corrected chi connectivity index (χ1v) is 9.70. The number of rotatable bonds is 5. The van der Waals surface area contributed by atoms with Gasteiger partial charge in [0.1, 0.15) is 0 Å². The third-order valence-electron chi connectivity index (χ3n) is 4.68. The van der Waals surface area contributed by atoms with Crippen LogP contribution in [0, 0.1) is 6.92 Å². The highest BCUT2D eigenvalue weighted by atomic mass is 35.5. The van der Waals surface area contributed by atoms with Gasteiger partial charge in [0.15, 0.2) is 16.6 Å². The molecule has 0 aromatic heterocycles. The minimum atomic E-state index is -0.454. The van der Waals surface area contributed by atoms with Gasteiger partial charge in [0.25, 0.3) is 5.91 Å². The summed E-state index contributed by atoms with van der Waals surface area (Å²) < 4.78 is 10.7. The Labute approximate surface area is 180 Å². The number of allylic oxidation sites excluding steroid dienone is 1. The molecule has 29 heavy (non-hydrogen) atoms. The van der Waals surface area contributed by atoms with E-state index in [1.165, 1.54) is 0 Å². The topological polar surface area (TPSA) is 71.6 Å². The van der Waals surface area contributed by atoms with Crippen molar-refractivity contribution in [3.63, 3.8) is 0 Å². The van der Waals surface area contributed by atoms with E-state index >= 15 is 0 Å². The number of hydrogen-bond acceptors (Lipinski definition) is 4. The predicted octanol–water partition coefficient (Wildman–Crippen LogP) is 4.10. The molecule has 1 atom stereocenters. The summed E-state index contributed by atoms with van der Waals surface area (Å²) in [5, 5.41) is 10.1. The molecular weight excluding hydrogens is 410 g/mol. The Bertz CT molecular complexity index is 1010. The van der Waals surface area contributed by atoms with E-state index in [-0.39, 0.29) is 5.91 Å². The van der Waals surface area contributed by atoms with Crippen LogP contribution < -0.4 is 25.4 Å². The van der Waals surface area contributed by atoms with Crippen LogP contribution in [0.5, 0.6) is 11.5 Å². The number of thiocarbonyl (C=S) groups is 1. The maximum absolute atomic E-state index is 13.2. The van der Waals surface area contributed by atoms with Crippen LogP contribution in [-0.2, 0) is 4.79 Å². The molecule has 0 fully saturated rings. The Morgan fingerprint density at radius 1 is 1.10 bits per heavy atom. The van der Waals surface area contributed by atoms with Gasteiger partial charge in [-0.3, -0.25) is 4.79 Å². The first-order valence-electron chi connectivity index (χ1n) is 8.91. The van der Waals surface area contributed by atoms with Crippen molar-refractivity contribution < 1.29 is 14.3 Å². The van der Waals surface area contributed by atoms with Crippen molar-refractivity contribution in [1.82, 2.24) is 10.6 Å². The maximum atomic E-state index is 13.2. The zero-order chi connectivity index (χ0) is 21.1. The summed E-state index contributed by atoms with van der Waals surface area (Å²) in [6.45, 7) is 3.72. The number of amides is 1. The molecule has 0 saturated carbocycles. The zero-order valence-corrected chi connectivity index (χ0v) is 18.1. The fourth-order valence-electron chi connectivity index (χ4n) is 3.15. The quantitative estimate of drug-likeness (QED) is 0.619. The summed E-state index contributed by atoms with van der Waals surface area (Å²) in [5.41, 5.74) is 3.56. The second-order valence-corrected chi connectivity index (χ2v) is 7.42. The number of carbonyl (C=O) groups is 1. The van der Waals surface area contributed by atoms with Crippen molar-refractivity contribution >= 4 is 40.5 Å². The van der Waals surface area contributed by atoms with Gasteiger partial charge in [0.05, 0.1) is 25.8 Å². The fraction of sp³-hybridized carbons (Fsp3) is 0.238. The van der Waals surface area contributed by atoms with Crippen LogP contribution in [0.4, 0.5) is 5.69 Å². The number of methoxy groups -OCH3 is 2. The van der Waals surface area contributed by atoms with E-state index in [9.17, 15) is 4.79 Å². The lowest BCUT2D eigenvalue weighted by molar-refractivity contribution is -0.113. The Hall–Kier alpha value is -2.77. The molecule has 0 saturated heterocycles. The summed E-state index contributed by atoms with van der Waals surface area (Å²) in [7, 11) is 3.14. The van der Waals surface area contributed by atoms with E-state index in [1.54, 1.807) is 26.4 Å². The van der Waals surface area contributed by atoms with Crippen LogP contribution >= 0.6 is 23.8 Å². The van der Waals surface area contributed by atoms with Crippen molar-refractivity contribution in [2.75, 3.05) is 19.5 Å². The molecule has 1 amide bonds. The molecule has 0 spiro atoms. The van der Waals surface area contributed by atoms with Gasteiger partial charge in [-0.25, -0.2) is 0 Å². The van der Waals surface area contributed by atoms with E-state index in [4.69, 9.17) is 33.3 Å². The van der Waals surface area contributed by atoms with Crippen molar-refractivity contribution in [2.45, 2.75) is 19.9 Å². The second kappa shape index (κ2) is 8.71. The number of aryl methyl sites for hydroxylation is 1. The summed E-state index contributed by atoms with van der Waals surface area (Å²) >= 11 is 11.5. The molecule has 6 nitrogen and oxygen atoms in total. The molecule has 152 valence electrons. The van der Waals surface area contributed by atoms with Gasteiger partial charge in [0.2, 0.25) is 0 Å². The van der Waals surface area contributed by atoms with Gasteiger partial charge < -0.3 is 25.4 Å². The first kappa shape index (κ1) is 21.0. The van der Waals surface area contributed by atoms with E-state index < -0.39 is 6.04 Å². The molecule has 3 N–H and O–H groups in total. The molecule has 2 aromatic rings. The number of carbonyl (C=O) groups excluding carboxylic acids is 1. The second-order valence-electron chi connectivity index (χ2n) is 6.60. The van der Waals surface area contributed by atoms with Gasteiger partial charge >= 0.3 is 0 Å². The monoisotopic (exact) mass is 431 g/mol. The van der Waals surface area contributed by atoms with Crippen LogP contribution in [0.1, 0.15) is 24.1 Å². The maximum Gasteiger partial charge on any atom is 0.255 e. The Morgan fingerprint density at radius 2 is 1.83 bits per heavy atom. The number of ether oxygens (including phenoxy) is 2. The average Bonchev–Trinajstić information content (AvgIpc) is 2.69. The third kappa shape index (κ3) is 4.46. The van der Waals surface area contributed by atoms with Crippen LogP contribution in [0.2, 0.25) is 5.02 Å². The van der Waals surface area contributed by atoms with Crippen molar-refractivity contribution in [2.24, 2.45) is 0 Å². The van der Waals surface area contributed by atoms with Gasteiger partial charge in [-0.15, -0.1) is 0 Å². The molecule has 0 unspecified atom stereocenters. The highest BCUT2D eigenvalue weighted by molar-refractivity contribution is 7.80. The molecule has 0 radical (unpaired) electrons. The standard InChI is InChI=1S/C21H22ClN3O3S/c1-11-5-7-14(10-15(11)22)24-20(26)18-12(2)23-21(29)25-19(18)13-6-8-16(27-3)17(9-13)28-4/h5-10,19H,1-4H3,(H,24,26)(H2,23,25,29)/t19-/m1/s1. The normalized spacial score (nSPS) is 16.0. The molecule has 2 aromatic carbocycles. The first-order chi connectivity index (χ1) is 13.8. The third-order valence-corrected chi connectivity index (χ3v) is 5.31. The Kier molecular flexibility index (Phi) is 6.30. The van der Waals surface area contributed by atoms with Crippen LogP contribution in [0.15, 0.2) is 47.7 Å². The van der Waals surface area contributed by atoms with Crippen LogP contribution in [0.25, 0.3) is 0 Å². The zero-order valence-electron chi connectivity index (χ0n) is 16.6. The number of anilines is 1. The summed E-state index contributed by atoms with van der Waals surface area (Å²) in [6, 6.07) is 10.4. The van der Waals surface area contributed by atoms with E-state index in [1.807, 2.05) is 38.1 Å². The van der Waals surface area contributed by atoms with Gasteiger partial charge in [-0.1, -0.05) is 23.7 Å². The number of benzene rings is 2. The largest absolute Gasteiger partial charge is 0.493 e. The van der Waals surface area contributed by atoms with E-state index in [0.29, 0.717) is 38.6 Å². The molecule has 1 aliphatic rings. The van der Waals surface area contributed by atoms with Gasteiger partial charge in [-0.05, 0) is 61.5 Å².